The molecule has 0 radical (unpaired) electrons. The van der Waals surface area contributed by atoms with Crippen LogP contribution in [-0.2, 0) is 0 Å². The van der Waals surface area contributed by atoms with Crippen LogP contribution < -0.4 is 10.6 Å². The van der Waals surface area contributed by atoms with Crippen LogP contribution >= 0.6 is 0 Å². The third kappa shape index (κ3) is 5.83. The van der Waals surface area contributed by atoms with E-state index in [1.165, 1.54) is 0 Å². The van der Waals surface area contributed by atoms with Crippen molar-refractivity contribution in [3.63, 3.8) is 0 Å². The van der Waals surface area contributed by atoms with Gasteiger partial charge in [0.2, 0.25) is 0 Å². The lowest BCUT2D eigenvalue weighted by Crippen LogP contribution is -2.33. The van der Waals surface area contributed by atoms with E-state index in [1.54, 1.807) is 19.2 Å². The lowest BCUT2D eigenvalue weighted by atomic mass is 9.98. The number of hydrogen-bond acceptors (Lipinski definition) is 3. The van der Waals surface area contributed by atoms with Crippen molar-refractivity contribution in [3.8, 4) is 0 Å². The van der Waals surface area contributed by atoms with Gasteiger partial charge >= 0.3 is 0 Å². The second kappa shape index (κ2) is 8.64. The van der Waals surface area contributed by atoms with Gasteiger partial charge in [-0.2, -0.15) is 0 Å². The molecule has 1 heterocycles. The average Bonchev–Trinajstić information content (AvgIpc) is 2.43. The molecule has 0 atom stereocenters. The largest absolute Gasteiger partial charge is 0.367 e. The Balaban J connectivity index is 2.63. The predicted octanol–water partition coefficient (Wildman–Crippen LogP) is 2.94. The molecule has 1 rings (SSSR count). The highest BCUT2D eigenvalue weighted by atomic mass is 19.1. The van der Waals surface area contributed by atoms with Crippen molar-refractivity contribution < 1.29 is 4.39 Å². The monoisotopic (exact) mass is 265 g/mol. The number of rotatable bonds is 6. The van der Waals surface area contributed by atoms with Gasteiger partial charge in [0, 0.05) is 12.8 Å². The van der Waals surface area contributed by atoms with Crippen molar-refractivity contribution >= 4 is 6.21 Å². The van der Waals surface area contributed by atoms with Gasteiger partial charge in [-0.1, -0.05) is 12.7 Å². The Morgan fingerprint density at radius 3 is 2.74 bits per heavy atom. The normalized spacial score (nSPS) is 18.9. The van der Waals surface area contributed by atoms with E-state index in [0.717, 1.165) is 32.5 Å². The second-order valence-electron chi connectivity index (χ2n) is 4.82. The van der Waals surface area contributed by atoms with E-state index in [0.29, 0.717) is 11.5 Å². The van der Waals surface area contributed by atoms with Crippen LogP contribution in [0.1, 0.15) is 26.7 Å². The Morgan fingerprint density at radius 1 is 1.47 bits per heavy atom. The van der Waals surface area contributed by atoms with Crippen LogP contribution in [0.4, 0.5) is 4.39 Å². The number of piperidine rings is 1. The van der Waals surface area contributed by atoms with Gasteiger partial charge in [-0.25, -0.2) is 9.38 Å². The van der Waals surface area contributed by atoms with Crippen LogP contribution in [-0.4, -0.2) is 25.8 Å². The average molecular weight is 265 g/mol. The molecule has 1 fully saturated rings. The highest BCUT2D eigenvalue weighted by Gasteiger charge is 2.14. The molecule has 0 spiro atoms. The van der Waals surface area contributed by atoms with E-state index in [4.69, 9.17) is 0 Å². The molecule has 1 aliphatic rings. The van der Waals surface area contributed by atoms with E-state index in [1.807, 2.05) is 13.0 Å². The maximum Gasteiger partial charge on any atom is 0.167 e. The Bertz CT molecular complexity index is 377. The molecule has 0 aromatic heterocycles. The third-order valence-corrected chi connectivity index (χ3v) is 3.08. The molecule has 106 valence electrons. The van der Waals surface area contributed by atoms with E-state index >= 15 is 0 Å². The summed E-state index contributed by atoms with van der Waals surface area (Å²) in [6, 6.07) is 0. The molecule has 0 aromatic carbocycles. The van der Waals surface area contributed by atoms with Crippen LogP contribution in [0.2, 0.25) is 0 Å². The minimum absolute atomic E-state index is 0.282. The van der Waals surface area contributed by atoms with Crippen LogP contribution in [0.25, 0.3) is 0 Å². The van der Waals surface area contributed by atoms with Gasteiger partial charge in [-0.15, -0.1) is 0 Å². The predicted molar refractivity (Wildman–Crippen MR) is 79.9 cm³/mol. The zero-order valence-corrected chi connectivity index (χ0v) is 11.9. The molecule has 0 aliphatic carbocycles. The number of nitrogens with one attached hydrogen (secondary N) is 2. The Labute approximate surface area is 115 Å². The fraction of sp³-hybridized carbons (Fsp3) is 0.533. The maximum atomic E-state index is 13.9. The van der Waals surface area contributed by atoms with Gasteiger partial charge < -0.3 is 10.6 Å². The highest BCUT2D eigenvalue weighted by Crippen LogP contribution is 2.15. The van der Waals surface area contributed by atoms with Crippen molar-refractivity contribution in [1.82, 2.24) is 10.6 Å². The van der Waals surface area contributed by atoms with E-state index in [9.17, 15) is 4.39 Å². The summed E-state index contributed by atoms with van der Waals surface area (Å²) in [5, 5.41) is 6.43. The fourth-order valence-electron chi connectivity index (χ4n) is 1.91. The van der Waals surface area contributed by atoms with Crippen molar-refractivity contribution in [3.05, 3.63) is 36.0 Å². The van der Waals surface area contributed by atoms with Gasteiger partial charge in [0.25, 0.3) is 0 Å². The lowest BCUT2D eigenvalue weighted by molar-refractivity contribution is 0.364. The SMILES string of the molecule is C=C(C)\C(F)=C(/N=C/C=C/C)NCC1CCNCC1. The van der Waals surface area contributed by atoms with Crippen molar-refractivity contribution in [2.75, 3.05) is 19.6 Å². The summed E-state index contributed by atoms with van der Waals surface area (Å²) < 4.78 is 13.9. The first kappa shape index (κ1) is 15.6. The van der Waals surface area contributed by atoms with E-state index in [2.05, 4.69) is 22.2 Å². The Kier molecular flexibility index (Phi) is 7.11. The van der Waals surface area contributed by atoms with Crippen molar-refractivity contribution in [2.45, 2.75) is 26.7 Å². The number of allylic oxidation sites excluding steroid dienone is 4. The molecule has 0 saturated carbocycles. The lowest BCUT2D eigenvalue weighted by Gasteiger charge is -2.23. The first-order valence-corrected chi connectivity index (χ1v) is 6.80. The molecule has 0 bridgehead atoms. The molecule has 0 aromatic rings. The summed E-state index contributed by atoms with van der Waals surface area (Å²) >= 11 is 0. The van der Waals surface area contributed by atoms with Crippen molar-refractivity contribution in [2.24, 2.45) is 10.9 Å². The second-order valence-corrected chi connectivity index (χ2v) is 4.82. The molecular formula is C15H24FN3. The van der Waals surface area contributed by atoms with Crippen molar-refractivity contribution in [1.29, 1.82) is 0 Å². The molecule has 0 unspecified atom stereocenters. The Hall–Kier alpha value is -1.42. The van der Waals surface area contributed by atoms with Gasteiger partial charge in [0.15, 0.2) is 11.6 Å². The first-order chi connectivity index (χ1) is 9.15. The van der Waals surface area contributed by atoms with E-state index in [-0.39, 0.29) is 11.6 Å². The molecule has 3 nitrogen and oxygen atoms in total. The van der Waals surface area contributed by atoms with Gasteiger partial charge in [0.1, 0.15) is 0 Å². The number of nitrogens with zero attached hydrogens (tertiary/aromatic N) is 1. The highest BCUT2D eigenvalue weighted by molar-refractivity contribution is 5.72. The van der Waals surface area contributed by atoms with Crippen LogP contribution in [0, 0.1) is 5.92 Å². The van der Waals surface area contributed by atoms with Gasteiger partial charge in [-0.05, 0) is 57.3 Å². The molecular weight excluding hydrogens is 241 g/mol. The number of hydrogen-bond donors (Lipinski definition) is 2. The zero-order valence-electron chi connectivity index (χ0n) is 11.9. The van der Waals surface area contributed by atoms with Crippen LogP contribution in [0.3, 0.4) is 0 Å². The molecule has 4 heteroatoms. The molecule has 1 saturated heterocycles. The standard InChI is InChI=1S/C15H24FN3/c1-4-5-8-18-15(14(16)12(2)3)19-11-13-6-9-17-10-7-13/h4-5,8,13,17,19H,2,6-7,9-11H2,1,3H3/b5-4+,15-14-,18-8+. The zero-order chi connectivity index (χ0) is 14.1. The number of aliphatic imine (C=N–C) groups is 1. The third-order valence-electron chi connectivity index (χ3n) is 3.08. The molecule has 19 heavy (non-hydrogen) atoms. The minimum atomic E-state index is -0.366. The minimum Gasteiger partial charge on any atom is -0.367 e. The summed E-state index contributed by atoms with van der Waals surface area (Å²) in [5.74, 6) is 0.491. The topological polar surface area (TPSA) is 36.4 Å². The van der Waals surface area contributed by atoms with Crippen LogP contribution in [0.5, 0.6) is 0 Å². The van der Waals surface area contributed by atoms with Gasteiger partial charge in [-0.3, -0.25) is 0 Å². The molecule has 0 amide bonds. The van der Waals surface area contributed by atoms with Gasteiger partial charge in [0.05, 0.1) is 0 Å². The molecule has 2 N–H and O–H groups in total. The smallest absolute Gasteiger partial charge is 0.167 e. The Morgan fingerprint density at radius 2 is 2.16 bits per heavy atom. The fourth-order valence-corrected chi connectivity index (χ4v) is 1.91. The number of halogens is 1. The maximum absolute atomic E-state index is 13.9. The summed E-state index contributed by atoms with van der Waals surface area (Å²) in [7, 11) is 0. The van der Waals surface area contributed by atoms with Crippen LogP contribution in [0.15, 0.2) is 40.9 Å². The van der Waals surface area contributed by atoms with E-state index < -0.39 is 0 Å². The summed E-state index contributed by atoms with van der Waals surface area (Å²) in [5.41, 5.74) is 0.394. The summed E-state index contributed by atoms with van der Waals surface area (Å²) in [6.45, 7) is 10.00. The quantitative estimate of drug-likeness (QED) is 0.572. The summed E-state index contributed by atoms with van der Waals surface area (Å²) in [4.78, 5) is 4.12. The summed E-state index contributed by atoms with van der Waals surface area (Å²) in [6.07, 6.45) is 7.46. The molecule has 1 aliphatic heterocycles. The first-order valence-electron chi connectivity index (χ1n) is 6.80.